The van der Waals surface area contributed by atoms with Crippen molar-refractivity contribution in [3.63, 3.8) is 0 Å². The standard InChI is InChI=1S/C52H56N4O5/c53-47-20-12-13-21-48(47)55-51(59)23-9-3-8-22-50(58)54-33-44-18-10-11-19-46(44)41-28-30-43(31-29-41)52-60-45(32-49(61-52)42-26-24-40(37-57)25-27-42)36-56(34-38-14-4-1-5-15-38)35-39-16-6-2-7-17-39/h1-2,4-7,10-21,24-31,45,49,52,57H,3,8-9,22-23,32-37,53H2,(H,54,58)(H,55,59)/t45-,49+,52+/m1/s1. The van der Waals surface area contributed by atoms with Crippen LogP contribution in [0.2, 0.25) is 0 Å². The van der Waals surface area contributed by atoms with E-state index in [1.807, 2.05) is 66.7 Å². The van der Waals surface area contributed by atoms with Crippen LogP contribution in [-0.2, 0) is 45.3 Å². The summed E-state index contributed by atoms with van der Waals surface area (Å²) in [4.78, 5) is 27.6. The van der Waals surface area contributed by atoms with Crippen LogP contribution in [0.15, 0.2) is 158 Å². The molecule has 0 aromatic heterocycles. The van der Waals surface area contributed by atoms with E-state index in [9.17, 15) is 14.7 Å². The molecular formula is C52H56N4O5. The zero-order chi connectivity index (χ0) is 42.2. The number of aliphatic hydroxyl groups is 1. The van der Waals surface area contributed by atoms with Gasteiger partial charge in [-0.25, -0.2) is 0 Å². The number of amides is 2. The van der Waals surface area contributed by atoms with Gasteiger partial charge in [0.15, 0.2) is 6.29 Å². The summed E-state index contributed by atoms with van der Waals surface area (Å²) in [5, 5.41) is 15.7. The van der Waals surface area contributed by atoms with E-state index in [4.69, 9.17) is 15.2 Å². The third-order valence-electron chi connectivity index (χ3n) is 11.1. The molecule has 0 unspecified atom stereocenters. The summed E-state index contributed by atoms with van der Waals surface area (Å²) in [6.07, 6.45) is 2.74. The number of rotatable bonds is 19. The summed E-state index contributed by atoms with van der Waals surface area (Å²) in [7, 11) is 0. The van der Waals surface area contributed by atoms with E-state index in [0.29, 0.717) is 56.6 Å². The van der Waals surface area contributed by atoms with Crippen LogP contribution in [0.5, 0.6) is 0 Å². The summed E-state index contributed by atoms with van der Waals surface area (Å²) < 4.78 is 13.5. The molecule has 6 aromatic carbocycles. The largest absolute Gasteiger partial charge is 0.397 e. The molecular weight excluding hydrogens is 761 g/mol. The van der Waals surface area contributed by atoms with Crippen molar-refractivity contribution < 1.29 is 24.2 Å². The van der Waals surface area contributed by atoms with Crippen molar-refractivity contribution in [2.24, 2.45) is 0 Å². The zero-order valence-corrected chi connectivity index (χ0v) is 34.6. The van der Waals surface area contributed by atoms with Gasteiger partial charge in [0.1, 0.15) is 0 Å². The minimum Gasteiger partial charge on any atom is -0.397 e. The minimum absolute atomic E-state index is 0.00843. The lowest BCUT2D eigenvalue weighted by Crippen LogP contribution is -2.39. The van der Waals surface area contributed by atoms with Gasteiger partial charge in [0.25, 0.3) is 0 Å². The van der Waals surface area contributed by atoms with Crippen molar-refractivity contribution in [3.05, 3.63) is 191 Å². The van der Waals surface area contributed by atoms with Gasteiger partial charge in [0.05, 0.1) is 30.2 Å². The van der Waals surface area contributed by atoms with Crippen LogP contribution in [0.4, 0.5) is 11.4 Å². The number of hydrogen-bond acceptors (Lipinski definition) is 7. The molecule has 0 spiro atoms. The first-order valence-corrected chi connectivity index (χ1v) is 21.3. The number of unbranched alkanes of at least 4 members (excludes halogenated alkanes) is 2. The Bertz CT molecular complexity index is 2240. The van der Waals surface area contributed by atoms with Gasteiger partial charge in [-0.2, -0.15) is 0 Å². The van der Waals surface area contributed by atoms with Crippen LogP contribution in [0.25, 0.3) is 11.1 Å². The number of carbonyl (C=O) groups is 2. The number of anilines is 2. The second kappa shape index (κ2) is 21.9. The number of benzene rings is 6. The monoisotopic (exact) mass is 816 g/mol. The molecule has 1 aliphatic heterocycles. The first-order valence-electron chi connectivity index (χ1n) is 21.3. The fraction of sp³-hybridized carbons (Fsp3) is 0.269. The molecule has 9 nitrogen and oxygen atoms in total. The van der Waals surface area contributed by atoms with Gasteiger partial charge in [0, 0.05) is 51.0 Å². The molecule has 0 bridgehead atoms. The van der Waals surface area contributed by atoms with E-state index in [1.54, 1.807) is 12.1 Å². The lowest BCUT2D eigenvalue weighted by atomic mass is 9.97. The topological polar surface area (TPSA) is 126 Å². The Labute approximate surface area is 359 Å². The molecule has 0 aliphatic carbocycles. The van der Waals surface area contributed by atoms with Crippen LogP contribution in [-0.4, -0.2) is 34.5 Å². The predicted octanol–water partition coefficient (Wildman–Crippen LogP) is 9.88. The Hall–Kier alpha value is -6.10. The summed E-state index contributed by atoms with van der Waals surface area (Å²) >= 11 is 0. The van der Waals surface area contributed by atoms with Crippen LogP contribution in [0.3, 0.4) is 0 Å². The zero-order valence-electron chi connectivity index (χ0n) is 34.6. The highest BCUT2D eigenvalue weighted by molar-refractivity contribution is 5.93. The van der Waals surface area contributed by atoms with Crippen LogP contribution < -0.4 is 16.4 Å². The Morgan fingerprint density at radius 1 is 0.639 bits per heavy atom. The minimum atomic E-state index is -0.586. The molecule has 5 N–H and O–H groups in total. The molecule has 0 radical (unpaired) electrons. The summed E-state index contributed by atoms with van der Waals surface area (Å²) in [5.41, 5.74) is 15.5. The molecule has 6 aromatic rings. The van der Waals surface area contributed by atoms with Gasteiger partial charge in [0.2, 0.25) is 11.8 Å². The lowest BCUT2D eigenvalue weighted by molar-refractivity contribution is -0.253. The Morgan fingerprint density at radius 2 is 1.25 bits per heavy atom. The lowest BCUT2D eigenvalue weighted by Gasteiger charge is -2.38. The average Bonchev–Trinajstić information content (AvgIpc) is 3.29. The van der Waals surface area contributed by atoms with Crippen molar-refractivity contribution in [1.29, 1.82) is 0 Å². The van der Waals surface area contributed by atoms with Gasteiger partial charge in [-0.3, -0.25) is 14.5 Å². The Kier molecular flexibility index (Phi) is 15.5. The number of nitrogens with one attached hydrogen (secondary N) is 2. The number of para-hydroxylation sites is 2. The van der Waals surface area contributed by atoms with Crippen molar-refractivity contribution in [2.45, 2.75) is 83.3 Å². The molecule has 7 rings (SSSR count). The Morgan fingerprint density at radius 3 is 1.92 bits per heavy atom. The van der Waals surface area contributed by atoms with Crippen molar-refractivity contribution >= 4 is 23.2 Å². The quantitative estimate of drug-likeness (QED) is 0.0474. The molecule has 314 valence electrons. The third kappa shape index (κ3) is 12.7. The molecule has 1 fully saturated rings. The van der Waals surface area contributed by atoms with Gasteiger partial charge >= 0.3 is 0 Å². The number of nitrogens with two attached hydrogens (primary N) is 1. The first kappa shape index (κ1) is 43.0. The van der Waals surface area contributed by atoms with Crippen LogP contribution >= 0.6 is 0 Å². The highest BCUT2D eigenvalue weighted by Gasteiger charge is 2.33. The molecule has 1 heterocycles. The average molecular weight is 817 g/mol. The second-order valence-corrected chi connectivity index (χ2v) is 15.7. The van der Waals surface area contributed by atoms with Gasteiger partial charge in [-0.1, -0.05) is 152 Å². The number of carbonyl (C=O) groups excluding carboxylic acids is 2. The highest BCUT2D eigenvalue weighted by atomic mass is 16.7. The van der Waals surface area contributed by atoms with Gasteiger partial charge < -0.3 is 30.9 Å². The van der Waals surface area contributed by atoms with E-state index in [0.717, 1.165) is 52.9 Å². The number of aliphatic hydroxyl groups excluding tert-OH is 1. The molecule has 1 saturated heterocycles. The van der Waals surface area contributed by atoms with E-state index < -0.39 is 6.29 Å². The van der Waals surface area contributed by atoms with Crippen LogP contribution in [0.1, 0.15) is 84.3 Å². The molecule has 0 saturated carbocycles. The smallest absolute Gasteiger partial charge is 0.224 e. The van der Waals surface area contributed by atoms with E-state index >= 15 is 0 Å². The summed E-state index contributed by atoms with van der Waals surface area (Å²) in [6, 6.07) is 52.8. The second-order valence-electron chi connectivity index (χ2n) is 15.7. The van der Waals surface area contributed by atoms with Crippen molar-refractivity contribution in [3.8, 4) is 11.1 Å². The van der Waals surface area contributed by atoms with E-state index in [2.05, 4.69) is 94.4 Å². The molecule has 61 heavy (non-hydrogen) atoms. The van der Waals surface area contributed by atoms with E-state index in [-0.39, 0.29) is 30.6 Å². The van der Waals surface area contributed by atoms with Gasteiger partial charge in [-0.15, -0.1) is 0 Å². The number of nitrogen functional groups attached to an aromatic ring is 1. The van der Waals surface area contributed by atoms with Crippen LogP contribution in [0, 0.1) is 0 Å². The maximum Gasteiger partial charge on any atom is 0.224 e. The number of nitrogens with zero attached hydrogens (tertiary/aromatic N) is 1. The maximum absolute atomic E-state index is 12.9. The molecule has 2 amide bonds. The normalized spacial score (nSPS) is 16.3. The van der Waals surface area contributed by atoms with Gasteiger partial charge in [-0.05, 0) is 63.9 Å². The number of hydrogen-bond donors (Lipinski definition) is 4. The maximum atomic E-state index is 12.9. The predicted molar refractivity (Wildman–Crippen MR) is 242 cm³/mol. The Balaban J connectivity index is 0.980. The number of ether oxygens (including phenoxy) is 2. The fourth-order valence-corrected chi connectivity index (χ4v) is 7.82. The first-order chi connectivity index (χ1) is 29.9. The third-order valence-corrected chi connectivity index (χ3v) is 11.1. The van der Waals surface area contributed by atoms with Crippen molar-refractivity contribution in [1.82, 2.24) is 10.2 Å². The SMILES string of the molecule is Nc1ccccc1NC(=O)CCCCCC(=O)NCc1ccccc1-c1ccc([C@H]2O[C@@H](CN(Cc3ccccc3)Cc3ccccc3)C[C@@H](c3ccc(CO)cc3)O2)cc1. The highest BCUT2D eigenvalue weighted by Crippen LogP contribution is 2.39. The summed E-state index contributed by atoms with van der Waals surface area (Å²) in [5.74, 6) is -0.0933. The molecule has 1 aliphatic rings. The fourth-order valence-electron chi connectivity index (χ4n) is 7.82. The summed E-state index contributed by atoms with van der Waals surface area (Å²) in [6.45, 7) is 2.70. The molecule has 9 heteroatoms. The van der Waals surface area contributed by atoms with E-state index in [1.165, 1.54) is 11.1 Å². The van der Waals surface area contributed by atoms with Crippen molar-refractivity contribution in [2.75, 3.05) is 17.6 Å². The molecule has 3 atom stereocenters.